The summed E-state index contributed by atoms with van der Waals surface area (Å²) in [6.07, 6.45) is 0. The molecule has 0 aromatic heterocycles. The standard InChI is InChI=1S/C55H39N/c1-55(2)51-34-42(37-14-7-4-8-15-37)26-29-49(51)50-31-28-46(35-52(50)55)56(44-18-11-17-41(32-44)36-12-5-3-6-13-36)45-27-30-48-43(33-45)25-24-40-23-22-39-21-20-38-16-9-10-19-47(38)53(39)54(40)48/h3-35H,1-2H3. The van der Waals surface area contributed by atoms with Gasteiger partial charge in [0.1, 0.15) is 0 Å². The molecule has 0 unspecified atom stereocenters. The molecule has 0 spiro atoms. The van der Waals surface area contributed by atoms with Crippen molar-refractivity contribution in [2.45, 2.75) is 19.3 Å². The van der Waals surface area contributed by atoms with Crippen LogP contribution >= 0.6 is 0 Å². The van der Waals surface area contributed by atoms with Crippen molar-refractivity contribution in [1.29, 1.82) is 0 Å². The Labute approximate surface area is 327 Å². The third-order valence-corrected chi connectivity index (χ3v) is 12.2. The lowest BCUT2D eigenvalue weighted by Crippen LogP contribution is -2.16. The van der Waals surface area contributed by atoms with Gasteiger partial charge in [-0.05, 0) is 130 Å². The first kappa shape index (κ1) is 32.5. The first-order valence-corrected chi connectivity index (χ1v) is 19.6. The maximum atomic E-state index is 2.45. The molecule has 0 radical (unpaired) electrons. The molecule has 0 amide bonds. The summed E-state index contributed by atoms with van der Waals surface area (Å²) in [4.78, 5) is 2.45. The van der Waals surface area contributed by atoms with Gasteiger partial charge in [-0.2, -0.15) is 0 Å². The molecule has 1 heteroatoms. The Morgan fingerprint density at radius 1 is 0.321 bits per heavy atom. The van der Waals surface area contributed by atoms with E-state index in [1.165, 1.54) is 87.6 Å². The molecule has 0 bridgehead atoms. The van der Waals surface area contributed by atoms with Gasteiger partial charge in [-0.1, -0.05) is 172 Å². The lowest BCUT2D eigenvalue weighted by atomic mass is 9.81. The lowest BCUT2D eigenvalue weighted by molar-refractivity contribution is 0.660. The van der Waals surface area contributed by atoms with Crippen LogP contribution in [-0.2, 0) is 5.41 Å². The quantitative estimate of drug-likeness (QED) is 0.161. The fourth-order valence-corrected chi connectivity index (χ4v) is 9.35. The van der Waals surface area contributed by atoms with E-state index in [-0.39, 0.29) is 5.41 Å². The second-order valence-electron chi connectivity index (χ2n) is 15.8. The molecule has 1 nitrogen and oxygen atoms in total. The zero-order valence-corrected chi connectivity index (χ0v) is 31.5. The molecule has 1 aliphatic rings. The fourth-order valence-electron chi connectivity index (χ4n) is 9.35. The van der Waals surface area contributed by atoms with Crippen LogP contribution in [0.5, 0.6) is 0 Å². The Morgan fingerprint density at radius 2 is 0.821 bits per heavy atom. The highest BCUT2D eigenvalue weighted by atomic mass is 15.1. The zero-order valence-electron chi connectivity index (χ0n) is 31.5. The number of rotatable bonds is 5. The van der Waals surface area contributed by atoms with E-state index in [0.717, 1.165) is 17.1 Å². The highest BCUT2D eigenvalue weighted by Crippen LogP contribution is 2.52. The number of nitrogens with zero attached hydrogens (tertiary/aromatic N) is 1. The van der Waals surface area contributed by atoms with Crippen LogP contribution in [0.4, 0.5) is 17.1 Å². The number of anilines is 3. The van der Waals surface area contributed by atoms with Gasteiger partial charge in [-0.25, -0.2) is 0 Å². The molecule has 11 rings (SSSR count). The van der Waals surface area contributed by atoms with Crippen molar-refractivity contribution in [2.75, 3.05) is 4.90 Å². The van der Waals surface area contributed by atoms with Gasteiger partial charge in [0, 0.05) is 22.5 Å². The minimum absolute atomic E-state index is 0.171. The largest absolute Gasteiger partial charge is 0.310 e. The third kappa shape index (κ3) is 5.08. The molecule has 0 heterocycles. The average molecular weight is 714 g/mol. The maximum absolute atomic E-state index is 2.45. The van der Waals surface area contributed by atoms with Crippen LogP contribution in [0.3, 0.4) is 0 Å². The lowest BCUT2D eigenvalue weighted by Gasteiger charge is -2.29. The van der Waals surface area contributed by atoms with Crippen molar-refractivity contribution < 1.29 is 0 Å². The van der Waals surface area contributed by atoms with Gasteiger partial charge in [0.2, 0.25) is 0 Å². The normalized spacial score (nSPS) is 13.0. The molecule has 56 heavy (non-hydrogen) atoms. The monoisotopic (exact) mass is 713 g/mol. The Balaban J connectivity index is 1.10. The van der Waals surface area contributed by atoms with Gasteiger partial charge in [0.15, 0.2) is 0 Å². The van der Waals surface area contributed by atoms with Crippen LogP contribution in [0.2, 0.25) is 0 Å². The summed E-state index contributed by atoms with van der Waals surface area (Å²) in [6.45, 7) is 4.76. The summed E-state index contributed by atoms with van der Waals surface area (Å²) >= 11 is 0. The molecule has 0 fully saturated rings. The van der Waals surface area contributed by atoms with Crippen LogP contribution in [-0.4, -0.2) is 0 Å². The molecule has 10 aromatic rings. The summed E-state index contributed by atoms with van der Waals surface area (Å²) in [6, 6.07) is 74.0. The highest BCUT2D eigenvalue weighted by molar-refractivity contribution is 6.27. The van der Waals surface area contributed by atoms with Gasteiger partial charge in [-0.15, -0.1) is 0 Å². The zero-order chi connectivity index (χ0) is 37.4. The Bertz CT molecular complexity index is 3150. The van der Waals surface area contributed by atoms with Crippen LogP contribution < -0.4 is 4.90 Å². The molecule has 1 aliphatic carbocycles. The number of hydrogen-bond acceptors (Lipinski definition) is 1. The van der Waals surface area contributed by atoms with E-state index in [4.69, 9.17) is 0 Å². The molecule has 0 N–H and O–H groups in total. The smallest absolute Gasteiger partial charge is 0.0468 e. The van der Waals surface area contributed by atoms with Gasteiger partial charge in [0.05, 0.1) is 0 Å². The summed E-state index contributed by atoms with van der Waals surface area (Å²) in [5.41, 5.74) is 13.5. The molecule has 264 valence electrons. The first-order chi connectivity index (χ1) is 27.5. The Kier molecular flexibility index (Phi) is 7.28. The van der Waals surface area contributed by atoms with E-state index in [9.17, 15) is 0 Å². The molecule has 0 saturated heterocycles. The molecule has 0 aliphatic heterocycles. The second-order valence-corrected chi connectivity index (χ2v) is 15.8. The molecule has 0 saturated carbocycles. The highest BCUT2D eigenvalue weighted by Gasteiger charge is 2.36. The summed E-state index contributed by atoms with van der Waals surface area (Å²) in [5, 5.41) is 10.2. The molecular formula is C55H39N. The first-order valence-electron chi connectivity index (χ1n) is 19.6. The van der Waals surface area contributed by atoms with E-state index in [2.05, 4.69) is 219 Å². The number of fused-ring (bicyclic) bond motifs is 10. The van der Waals surface area contributed by atoms with E-state index >= 15 is 0 Å². The maximum Gasteiger partial charge on any atom is 0.0468 e. The summed E-state index contributed by atoms with van der Waals surface area (Å²) in [7, 11) is 0. The molecular weight excluding hydrogens is 675 g/mol. The summed E-state index contributed by atoms with van der Waals surface area (Å²) < 4.78 is 0. The Hall–Kier alpha value is -6.96. The fraction of sp³-hybridized carbons (Fsp3) is 0.0545. The van der Waals surface area contributed by atoms with Crippen molar-refractivity contribution in [3.05, 3.63) is 211 Å². The Morgan fingerprint density at radius 3 is 1.54 bits per heavy atom. The predicted molar refractivity (Wildman–Crippen MR) is 240 cm³/mol. The number of benzene rings is 10. The molecule has 0 atom stereocenters. The van der Waals surface area contributed by atoms with E-state index in [0.29, 0.717) is 0 Å². The van der Waals surface area contributed by atoms with Gasteiger partial charge in [-0.3, -0.25) is 0 Å². The van der Waals surface area contributed by atoms with Crippen LogP contribution in [0.25, 0.3) is 76.5 Å². The SMILES string of the molecule is CC1(C)c2cc(-c3ccccc3)ccc2-c2ccc(N(c3cccc(-c4ccccc4)c3)c3ccc4c(ccc5ccc6ccc7ccccc7c6c54)c3)cc21. The number of hydrogen-bond donors (Lipinski definition) is 0. The van der Waals surface area contributed by atoms with Crippen molar-refractivity contribution >= 4 is 60.2 Å². The van der Waals surface area contributed by atoms with E-state index in [1.54, 1.807) is 0 Å². The minimum Gasteiger partial charge on any atom is -0.310 e. The van der Waals surface area contributed by atoms with Crippen molar-refractivity contribution in [1.82, 2.24) is 0 Å². The van der Waals surface area contributed by atoms with Crippen LogP contribution in [0, 0.1) is 0 Å². The van der Waals surface area contributed by atoms with Crippen molar-refractivity contribution in [2.24, 2.45) is 0 Å². The van der Waals surface area contributed by atoms with Crippen molar-refractivity contribution in [3.8, 4) is 33.4 Å². The minimum atomic E-state index is -0.171. The molecule has 10 aromatic carbocycles. The summed E-state index contributed by atoms with van der Waals surface area (Å²) in [5.74, 6) is 0. The second kappa shape index (κ2) is 12.5. The predicted octanol–water partition coefficient (Wildman–Crippen LogP) is 15.4. The van der Waals surface area contributed by atoms with E-state index < -0.39 is 0 Å². The van der Waals surface area contributed by atoms with Gasteiger partial charge in [0.25, 0.3) is 0 Å². The van der Waals surface area contributed by atoms with E-state index in [1.807, 2.05) is 0 Å². The van der Waals surface area contributed by atoms with Crippen molar-refractivity contribution in [3.63, 3.8) is 0 Å². The average Bonchev–Trinajstić information content (AvgIpc) is 3.48. The van der Waals surface area contributed by atoms with Gasteiger partial charge >= 0.3 is 0 Å². The topological polar surface area (TPSA) is 3.24 Å². The van der Waals surface area contributed by atoms with Crippen LogP contribution in [0.1, 0.15) is 25.0 Å². The van der Waals surface area contributed by atoms with Crippen LogP contribution in [0.15, 0.2) is 200 Å². The third-order valence-electron chi connectivity index (χ3n) is 12.2. The van der Waals surface area contributed by atoms with Gasteiger partial charge < -0.3 is 4.90 Å².